The maximum Gasteiger partial charge on any atom is 0.326 e. The van der Waals surface area contributed by atoms with Crippen LogP contribution in [0.1, 0.15) is 19.8 Å². The number of carbonyl (C=O) groups is 2. The quantitative estimate of drug-likeness (QED) is 0.712. The molecule has 1 aliphatic rings. The number of hydrogen-bond acceptors (Lipinski definition) is 4. The Hall–Kier alpha value is -1.61. The molecule has 17 heavy (non-hydrogen) atoms. The number of carbonyl (C=O) groups excluding carboxylic acids is 1. The number of carboxylic acid groups (broad SMARTS) is 1. The molecule has 1 amide bonds. The van der Waals surface area contributed by atoms with Gasteiger partial charge in [-0.25, -0.2) is 4.79 Å². The van der Waals surface area contributed by atoms with E-state index in [1.807, 2.05) is 6.07 Å². The Balaban J connectivity index is 2.57. The lowest BCUT2D eigenvalue weighted by Gasteiger charge is -2.20. The number of carboxylic acids is 1. The van der Waals surface area contributed by atoms with Crippen LogP contribution in [0.2, 0.25) is 0 Å². The lowest BCUT2D eigenvalue weighted by Crippen LogP contribution is -2.47. The fraction of sp³-hybridized carbons (Fsp3) is 0.727. The Morgan fingerprint density at radius 2 is 2.35 bits per heavy atom. The lowest BCUT2D eigenvalue weighted by atomic mass is 9.98. The van der Waals surface area contributed by atoms with E-state index in [4.69, 9.17) is 15.1 Å². The van der Waals surface area contributed by atoms with Gasteiger partial charge in [0.25, 0.3) is 0 Å². The zero-order valence-corrected chi connectivity index (χ0v) is 9.68. The number of nitrogens with zero attached hydrogens (tertiary/aromatic N) is 1. The first kappa shape index (κ1) is 13.5. The summed E-state index contributed by atoms with van der Waals surface area (Å²) >= 11 is 0. The van der Waals surface area contributed by atoms with Crippen LogP contribution in [0.3, 0.4) is 0 Å². The maximum absolute atomic E-state index is 11.7. The summed E-state index contributed by atoms with van der Waals surface area (Å²) in [7, 11) is 0. The highest BCUT2D eigenvalue weighted by Crippen LogP contribution is 2.14. The summed E-state index contributed by atoms with van der Waals surface area (Å²) in [6.07, 6.45) is 0.712. The summed E-state index contributed by atoms with van der Waals surface area (Å²) in [6, 6.07) is 0.895. The Morgan fingerprint density at radius 3 is 2.82 bits per heavy atom. The fourth-order valence-corrected chi connectivity index (χ4v) is 1.72. The summed E-state index contributed by atoms with van der Waals surface area (Å²) < 4.78 is 5.07. The number of nitrogens with one attached hydrogen (secondary N) is 1. The molecule has 2 N–H and O–H groups in total. The fourth-order valence-electron chi connectivity index (χ4n) is 1.72. The van der Waals surface area contributed by atoms with Crippen molar-refractivity contribution in [1.82, 2.24) is 5.32 Å². The smallest absolute Gasteiger partial charge is 0.326 e. The molecular weight excluding hydrogens is 224 g/mol. The normalized spacial score (nSPS) is 22.5. The molecule has 0 radical (unpaired) electrons. The van der Waals surface area contributed by atoms with Crippen LogP contribution in [0, 0.1) is 23.2 Å². The number of rotatable bonds is 5. The minimum Gasteiger partial charge on any atom is -0.480 e. The number of amides is 1. The minimum absolute atomic E-state index is 0.0956. The first-order chi connectivity index (χ1) is 8.06. The largest absolute Gasteiger partial charge is 0.480 e. The molecule has 1 fully saturated rings. The SMILES string of the molecule is C[C@@H](CC#N)[C@H](NC(=O)[C@H]1CCOC1)C(=O)O. The van der Waals surface area contributed by atoms with E-state index in [1.54, 1.807) is 6.92 Å². The minimum atomic E-state index is -1.11. The maximum atomic E-state index is 11.7. The van der Waals surface area contributed by atoms with Crippen molar-refractivity contribution in [2.45, 2.75) is 25.8 Å². The Bertz CT molecular complexity index is 331. The Labute approximate surface area is 99.6 Å². The summed E-state index contributed by atoms with van der Waals surface area (Å²) in [4.78, 5) is 22.7. The molecule has 0 bridgehead atoms. The predicted molar refractivity (Wildman–Crippen MR) is 57.9 cm³/mol. The van der Waals surface area contributed by atoms with E-state index in [0.29, 0.717) is 19.6 Å². The summed E-state index contributed by atoms with van der Waals surface area (Å²) in [5.74, 6) is -2.10. The average molecular weight is 240 g/mol. The summed E-state index contributed by atoms with van der Waals surface area (Å²) in [5, 5.41) is 20.0. The van der Waals surface area contributed by atoms with Crippen LogP contribution in [0.25, 0.3) is 0 Å². The zero-order valence-electron chi connectivity index (χ0n) is 9.68. The number of hydrogen-bond donors (Lipinski definition) is 2. The molecule has 6 heteroatoms. The molecular formula is C11H16N2O4. The van der Waals surface area contributed by atoms with Crippen LogP contribution >= 0.6 is 0 Å². The van der Waals surface area contributed by atoms with Crippen LogP contribution in [0.4, 0.5) is 0 Å². The average Bonchev–Trinajstić information content (AvgIpc) is 2.78. The summed E-state index contributed by atoms with van der Waals surface area (Å²) in [5.41, 5.74) is 0. The van der Waals surface area contributed by atoms with Crippen molar-refractivity contribution in [2.24, 2.45) is 11.8 Å². The van der Waals surface area contributed by atoms with Gasteiger partial charge in [0.1, 0.15) is 6.04 Å². The molecule has 1 heterocycles. The van der Waals surface area contributed by atoms with Gasteiger partial charge in [0.2, 0.25) is 5.91 Å². The van der Waals surface area contributed by atoms with Gasteiger partial charge in [-0.1, -0.05) is 6.92 Å². The van der Waals surface area contributed by atoms with E-state index < -0.39 is 17.9 Å². The van der Waals surface area contributed by atoms with Crippen LogP contribution in [0.5, 0.6) is 0 Å². The molecule has 0 aromatic rings. The topological polar surface area (TPSA) is 99.4 Å². The van der Waals surface area contributed by atoms with E-state index >= 15 is 0 Å². The number of ether oxygens (including phenoxy) is 1. The molecule has 0 spiro atoms. The van der Waals surface area contributed by atoms with Gasteiger partial charge in [-0.05, 0) is 6.42 Å². The third kappa shape index (κ3) is 3.71. The van der Waals surface area contributed by atoms with Gasteiger partial charge in [0.15, 0.2) is 0 Å². The highest BCUT2D eigenvalue weighted by Gasteiger charge is 2.30. The molecule has 1 rings (SSSR count). The molecule has 1 saturated heterocycles. The zero-order chi connectivity index (χ0) is 12.8. The standard InChI is InChI=1S/C11H16N2O4/c1-7(2-4-12)9(11(15)16)13-10(14)8-3-5-17-6-8/h7-9H,2-3,5-6H2,1H3,(H,13,14)(H,15,16)/t7-,8-,9-/m0/s1. The van der Waals surface area contributed by atoms with Crippen molar-refractivity contribution in [3.63, 3.8) is 0 Å². The second-order valence-corrected chi connectivity index (χ2v) is 4.22. The van der Waals surface area contributed by atoms with E-state index in [9.17, 15) is 9.59 Å². The molecule has 0 aromatic heterocycles. The van der Waals surface area contributed by atoms with Gasteiger partial charge in [-0.3, -0.25) is 4.79 Å². The van der Waals surface area contributed by atoms with Crippen molar-refractivity contribution in [1.29, 1.82) is 5.26 Å². The van der Waals surface area contributed by atoms with E-state index in [0.717, 1.165) is 0 Å². The van der Waals surface area contributed by atoms with Gasteiger partial charge in [0.05, 0.1) is 18.6 Å². The van der Waals surface area contributed by atoms with Crippen molar-refractivity contribution >= 4 is 11.9 Å². The Kier molecular flexibility index (Phi) is 4.91. The third-order valence-corrected chi connectivity index (χ3v) is 2.85. The molecule has 0 unspecified atom stereocenters. The molecule has 1 aliphatic heterocycles. The third-order valence-electron chi connectivity index (χ3n) is 2.85. The van der Waals surface area contributed by atoms with Gasteiger partial charge < -0.3 is 15.2 Å². The number of nitriles is 1. The van der Waals surface area contributed by atoms with Gasteiger partial charge in [-0.2, -0.15) is 5.26 Å². The predicted octanol–water partition coefficient (Wildman–Crippen LogP) is 0.142. The van der Waals surface area contributed by atoms with Crippen molar-refractivity contribution in [2.75, 3.05) is 13.2 Å². The van der Waals surface area contributed by atoms with Crippen LogP contribution in [0.15, 0.2) is 0 Å². The monoisotopic (exact) mass is 240 g/mol. The second kappa shape index (κ2) is 6.21. The van der Waals surface area contributed by atoms with Crippen LogP contribution in [-0.4, -0.2) is 36.2 Å². The van der Waals surface area contributed by atoms with Crippen molar-refractivity contribution in [3.05, 3.63) is 0 Å². The second-order valence-electron chi connectivity index (χ2n) is 4.22. The van der Waals surface area contributed by atoms with Gasteiger partial charge in [-0.15, -0.1) is 0 Å². The Morgan fingerprint density at radius 1 is 1.65 bits per heavy atom. The van der Waals surface area contributed by atoms with Gasteiger partial charge in [0, 0.05) is 18.9 Å². The summed E-state index contributed by atoms with van der Waals surface area (Å²) in [6.45, 7) is 2.50. The molecule has 6 nitrogen and oxygen atoms in total. The molecule has 94 valence electrons. The first-order valence-corrected chi connectivity index (χ1v) is 5.54. The van der Waals surface area contributed by atoms with E-state index in [2.05, 4.69) is 5.32 Å². The molecule has 0 aromatic carbocycles. The van der Waals surface area contributed by atoms with E-state index in [-0.39, 0.29) is 18.2 Å². The first-order valence-electron chi connectivity index (χ1n) is 5.54. The van der Waals surface area contributed by atoms with Crippen LogP contribution in [-0.2, 0) is 14.3 Å². The number of aliphatic carboxylic acids is 1. The van der Waals surface area contributed by atoms with Crippen LogP contribution < -0.4 is 5.32 Å². The van der Waals surface area contributed by atoms with Crippen molar-refractivity contribution in [3.8, 4) is 6.07 Å². The van der Waals surface area contributed by atoms with Gasteiger partial charge >= 0.3 is 5.97 Å². The molecule has 0 aliphatic carbocycles. The van der Waals surface area contributed by atoms with Crippen molar-refractivity contribution < 1.29 is 19.4 Å². The molecule has 0 saturated carbocycles. The highest BCUT2D eigenvalue weighted by atomic mass is 16.5. The molecule has 3 atom stereocenters. The highest BCUT2D eigenvalue weighted by molar-refractivity contribution is 5.85. The van der Waals surface area contributed by atoms with E-state index in [1.165, 1.54) is 0 Å². The lowest BCUT2D eigenvalue weighted by molar-refractivity contribution is -0.143.